The molecular formula is C18H20FNO3. The summed E-state index contributed by atoms with van der Waals surface area (Å²) in [7, 11) is 0. The van der Waals surface area contributed by atoms with E-state index in [9.17, 15) is 14.3 Å². The van der Waals surface area contributed by atoms with E-state index in [1.165, 1.54) is 0 Å². The van der Waals surface area contributed by atoms with Crippen LogP contribution in [0, 0.1) is 5.92 Å². The Morgan fingerprint density at radius 1 is 1.43 bits per heavy atom. The number of hydrogen-bond donors (Lipinski definition) is 2. The summed E-state index contributed by atoms with van der Waals surface area (Å²) in [5, 5.41) is 11.7. The summed E-state index contributed by atoms with van der Waals surface area (Å²) in [5.74, 6) is -0.413. The van der Waals surface area contributed by atoms with E-state index in [0.717, 1.165) is 5.57 Å². The van der Waals surface area contributed by atoms with Gasteiger partial charge in [-0.15, -0.1) is 0 Å². The van der Waals surface area contributed by atoms with Crippen LogP contribution in [0.25, 0.3) is 0 Å². The molecule has 0 fully saturated rings. The average molecular weight is 317 g/mol. The van der Waals surface area contributed by atoms with E-state index in [-0.39, 0.29) is 12.5 Å². The van der Waals surface area contributed by atoms with Crippen molar-refractivity contribution in [2.24, 2.45) is 5.92 Å². The van der Waals surface area contributed by atoms with E-state index in [2.05, 4.69) is 5.32 Å². The van der Waals surface area contributed by atoms with Gasteiger partial charge in [-0.05, 0) is 36.1 Å². The molecule has 1 aromatic rings. The molecular weight excluding hydrogens is 297 g/mol. The zero-order valence-electron chi connectivity index (χ0n) is 12.9. The van der Waals surface area contributed by atoms with Gasteiger partial charge in [0, 0.05) is 5.70 Å². The lowest BCUT2D eigenvalue weighted by Crippen LogP contribution is -2.34. The molecule has 0 saturated heterocycles. The van der Waals surface area contributed by atoms with Gasteiger partial charge in [0.15, 0.2) is 0 Å². The van der Waals surface area contributed by atoms with Gasteiger partial charge in [-0.1, -0.05) is 43.4 Å². The van der Waals surface area contributed by atoms with Crippen LogP contribution in [0.15, 0.2) is 65.9 Å². The molecule has 122 valence electrons. The number of halogens is 1. The SMILES string of the molecule is CC1C/C=C(NC(=O)C(F)Oc2ccccc2)/C=C\C=C1CO. The van der Waals surface area contributed by atoms with Crippen molar-refractivity contribution < 1.29 is 19.0 Å². The van der Waals surface area contributed by atoms with Crippen molar-refractivity contribution in [2.45, 2.75) is 19.7 Å². The largest absolute Gasteiger partial charge is 0.452 e. The first kappa shape index (κ1) is 17.0. The highest BCUT2D eigenvalue weighted by atomic mass is 19.1. The fraction of sp³-hybridized carbons (Fsp3) is 0.278. The molecule has 0 aromatic heterocycles. The van der Waals surface area contributed by atoms with Crippen molar-refractivity contribution in [1.82, 2.24) is 5.32 Å². The Balaban J connectivity index is 1.97. The third-order valence-corrected chi connectivity index (χ3v) is 3.55. The lowest BCUT2D eigenvalue weighted by Gasteiger charge is -2.16. The summed E-state index contributed by atoms with van der Waals surface area (Å²) in [6.07, 6.45) is 5.54. The molecule has 1 amide bonds. The minimum absolute atomic E-state index is 0.00148. The van der Waals surface area contributed by atoms with Crippen LogP contribution >= 0.6 is 0 Å². The smallest absolute Gasteiger partial charge is 0.317 e. The third kappa shape index (κ3) is 5.07. The quantitative estimate of drug-likeness (QED) is 0.878. The number of amides is 1. The molecule has 2 N–H and O–H groups in total. The number of benzene rings is 1. The molecule has 1 aliphatic carbocycles. The molecule has 0 saturated carbocycles. The molecule has 2 rings (SSSR count). The Bertz CT molecular complexity index is 622. The molecule has 0 spiro atoms. The van der Waals surface area contributed by atoms with Crippen LogP contribution in [-0.2, 0) is 4.79 Å². The van der Waals surface area contributed by atoms with Crippen LogP contribution in [0.4, 0.5) is 4.39 Å². The first-order valence-corrected chi connectivity index (χ1v) is 7.45. The van der Waals surface area contributed by atoms with E-state index in [1.807, 2.05) is 6.92 Å². The van der Waals surface area contributed by atoms with Crippen LogP contribution in [0.3, 0.4) is 0 Å². The molecule has 0 heterocycles. The number of carbonyl (C=O) groups is 1. The van der Waals surface area contributed by atoms with Crippen LogP contribution in [-0.4, -0.2) is 24.0 Å². The molecule has 4 nitrogen and oxygen atoms in total. The number of aliphatic hydroxyl groups excluding tert-OH is 1. The number of para-hydroxylation sites is 1. The third-order valence-electron chi connectivity index (χ3n) is 3.55. The predicted octanol–water partition coefficient (Wildman–Crippen LogP) is 2.88. The fourth-order valence-corrected chi connectivity index (χ4v) is 2.14. The predicted molar refractivity (Wildman–Crippen MR) is 86.3 cm³/mol. The van der Waals surface area contributed by atoms with Crippen molar-refractivity contribution in [2.75, 3.05) is 6.61 Å². The molecule has 2 atom stereocenters. The second-order valence-electron chi connectivity index (χ2n) is 5.29. The number of alkyl halides is 1. The van der Waals surface area contributed by atoms with E-state index in [0.29, 0.717) is 17.9 Å². The van der Waals surface area contributed by atoms with Gasteiger partial charge in [-0.2, -0.15) is 4.39 Å². The van der Waals surface area contributed by atoms with Gasteiger partial charge in [0.1, 0.15) is 5.75 Å². The zero-order valence-corrected chi connectivity index (χ0v) is 12.9. The van der Waals surface area contributed by atoms with Crippen molar-refractivity contribution in [3.63, 3.8) is 0 Å². The van der Waals surface area contributed by atoms with Crippen LogP contribution in [0.2, 0.25) is 0 Å². The van der Waals surface area contributed by atoms with Crippen LogP contribution in [0.5, 0.6) is 5.75 Å². The second kappa shape index (κ2) is 8.29. The molecule has 1 aromatic carbocycles. The monoisotopic (exact) mass is 317 g/mol. The van der Waals surface area contributed by atoms with Crippen LogP contribution in [0.1, 0.15) is 13.3 Å². The van der Waals surface area contributed by atoms with Crippen LogP contribution < -0.4 is 10.1 Å². The van der Waals surface area contributed by atoms with E-state index >= 15 is 0 Å². The molecule has 5 heteroatoms. The Labute approximate surface area is 135 Å². The number of hydrogen-bond acceptors (Lipinski definition) is 3. The van der Waals surface area contributed by atoms with Crippen molar-refractivity contribution in [1.29, 1.82) is 0 Å². The van der Waals surface area contributed by atoms with Gasteiger partial charge in [0.05, 0.1) is 6.61 Å². The molecule has 0 aliphatic heterocycles. The number of nitrogens with one attached hydrogen (secondary N) is 1. The van der Waals surface area contributed by atoms with Crippen molar-refractivity contribution >= 4 is 5.91 Å². The number of carbonyl (C=O) groups excluding carboxylic acids is 1. The highest BCUT2D eigenvalue weighted by molar-refractivity contribution is 5.81. The van der Waals surface area contributed by atoms with Gasteiger partial charge in [0.25, 0.3) is 5.91 Å². The molecule has 23 heavy (non-hydrogen) atoms. The van der Waals surface area contributed by atoms with E-state index in [1.54, 1.807) is 54.6 Å². The lowest BCUT2D eigenvalue weighted by molar-refractivity contribution is -0.134. The number of allylic oxidation sites excluding steroid dienone is 4. The van der Waals surface area contributed by atoms with E-state index < -0.39 is 12.3 Å². The summed E-state index contributed by atoms with van der Waals surface area (Å²) in [4.78, 5) is 11.9. The summed E-state index contributed by atoms with van der Waals surface area (Å²) in [6, 6.07) is 8.34. The number of ether oxygens (including phenoxy) is 1. The maximum Gasteiger partial charge on any atom is 0.317 e. The summed E-state index contributed by atoms with van der Waals surface area (Å²) >= 11 is 0. The topological polar surface area (TPSA) is 58.6 Å². The van der Waals surface area contributed by atoms with E-state index in [4.69, 9.17) is 4.74 Å². The first-order valence-electron chi connectivity index (χ1n) is 7.45. The Hall–Kier alpha value is -2.40. The molecule has 0 radical (unpaired) electrons. The summed E-state index contributed by atoms with van der Waals surface area (Å²) < 4.78 is 18.8. The number of aliphatic hydroxyl groups is 1. The fourth-order valence-electron chi connectivity index (χ4n) is 2.14. The maximum absolute atomic E-state index is 13.9. The van der Waals surface area contributed by atoms with Gasteiger partial charge in [-0.3, -0.25) is 4.79 Å². The Kier molecular flexibility index (Phi) is 6.11. The van der Waals surface area contributed by atoms with Gasteiger partial charge < -0.3 is 15.2 Å². The first-order chi connectivity index (χ1) is 11.1. The van der Waals surface area contributed by atoms with Gasteiger partial charge in [-0.25, -0.2) is 0 Å². The molecule has 1 aliphatic rings. The standard InChI is InChI=1S/C18H20FNO3/c1-13-10-11-15(7-5-6-14(13)12-21)20-18(22)17(19)23-16-8-3-2-4-9-16/h2-9,11,13,17,21H,10,12H2,1H3,(H,20,22)/b7-5-,14-6?,15-11-. The minimum Gasteiger partial charge on any atom is -0.452 e. The molecule has 2 unspecified atom stereocenters. The number of rotatable bonds is 5. The zero-order chi connectivity index (χ0) is 16.7. The Morgan fingerprint density at radius 2 is 2.17 bits per heavy atom. The maximum atomic E-state index is 13.9. The lowest BCUT2D eigenvalue weighted by atomic mass is 9.95. The average Bonchev–Trinajstić information content (AvgIpc) is 2.55. The Morgan fingerprint density at radius 3 is 2.87 bits per heavy atom. The highest BCUT2D eigenvalue weighted by Crippen LogP contribution is 2.18. The second-order valence-corrected chi connectivity index (χ2v) is 5.29. The molecule has 0 bridgehead atoms. The summed E-state index contributed by atoms with van der Waals surface area (Å²) in [5.41, 5.74) is 1.42. The normalized spacial score (nSPS) is 22.7. The van der Waals surface area contributed by atoms with Crippen molar-refractivity contribution in [3.05, 3.63) is 65.9 Å². The van der Waals surface area contributed by atoms with Crippen molar-refractivity contribution in [3.8, 4) is 5.75 Å². The van der Waals surface area contributed by atoms with Gasteiger partial charge in [0.2, 0.25) is 0 Å². The summed E-state index contributed by atoms with van der Waals surface area (Å²) in [6.45, 7) is 1.98. The highest BCUT2D eigenvalue weighted by Gasteiger charge is 2.19. The van der Waals surface area contributed by atoms with Gasteiger partial charge >= 0.3 is 6.36 Å². The minimum atomic E-state index is -2.09.